The Balaban J connectivity index is 1.96. The first kappa shape index (κ1) is 16.8. The number of nitrogens with one attached hydrogen (secondary N) is 2. The highest BCUT2D eigenvalue weighted by atomic mass is 16.5. The summed E-state index contributed by atoms with van der Waals surface area (Å²) in [6.07, 6.45) is 1.69. The molecule has 0 radical (unpaired) electrons. The quantitative estimate of drug-likeness (QED) is 0.592. The number of benzene rings is 1. The monoisotopic (exact) mass is 344 g/mol. The Morgan fingerprint density at radius 3 is 2.68 bits per heavy atom. The molecular formula is C16H20N6O3. The molecule has 0 atom stereocenters. The normalized spacial score (nSPS) is 10.7. The molecule has 0 aliphatic heterocycles. The van der Waals surface area contributed by atoms with Crippen LogP contribution in [0.5, 0.6) is 11.5 Å². The Bertz CT molecular complexity index is 880. The topological polar surface area (TPSA) is 106 Å². The summed E-state index contributed by atoms with van der Waals surface area (Å²) in [6.45, 7) is 0.390. The Kier molecular flexibility index (Phi) is 4.85. The third-order valence-corrected chi connectivity index (χ3v) is 3.64. The molecule has 0 aliphatic carbocycles. The van der Waals surface area contributed by atoms with E-state index in [2.05, 4.69) is 25.7 Å². The minimum Gasteiger partial charge on any atom is -0.493 e. The maximum absolute atomic E-state index is 9.05. The van der Waals surface area contributed by atoms with Crippen molar-refractivity contribution in [2.24, 2.45) is 7.05 Å². The van der Waals surface area contributed by atoms with Crippen molar-refractivity contribution in [3.05, 3.63) is 24.4 Å². The molecule has 3 aromatic rings. The fraction of sp³-hybridized carbons (Fsp3) is 0.312. The molecule has 0 aliphatic rings. The van der Waals surface area contributed by atoms with Crippen LogP contribution in [-0.4, -0.2) is 52.2 Å². The molecular weight excluding hydrogens is 324 g/mol. The lowest BCUT2D eigenvalue weighted by Gasteiger charge is -2.12. The lowest BCUT2D eigenvalue weighted by Crippen LogP contribution is -2.09. The summed E-state index contributed by atoms with van der Waals surface area (Å²) in [6, 6.07) is 5.45. The van der Waals surface area contributed by atoms with Gasteiger partial charge in [-0.05, 0) is 12.1 Å². The van der Waals surface area contributed by atoms with E-state index in [9.17, 15) is 0 Å². The first-order chi connectivity index (χ1) is 12.2. The third-order valence-electron chi connectivity index (χ3n) is 3.64. The number of nitrogens with zero attached hydrogens (tertiary/aromatic N) is 4. The molecule has 0 fully saturated rings. The SMILES string of the molecule is COc1ccc(Nc2nc(NCCO)c3cnn(C)c3n2)cc1OC. The largest absolute Gasteiger partial charge is 0.493 e. The fourth-order valence-electron chi connectivity index (χ4n) is 2.43. The van der Waals surface area contributed by atoms with Crippen LogP contribution in [0.3, 0.4) is 0 Å². The number of aliphatic hydroxyl groups excluding tert-OH is 1. The van der Waals surface area contributed by atoms with Crippen LogP contribution in [0, 0.1) is 0 Å². The molecule has 0 spiro atoms. The Morgan fingerprint density at radius 2 is 1.96 bits per heavy atom. The highest BCUT2D eigenvalue weighted by molar-refractivity contribution is 5.87. The van der Waals surface area contributed by atoms with E-state index in [1.54, 1.807) is 37.2 Å². The molecule has 132 valence electrons. The number of aromatic nitrogens is 4. The van der Waals surface area contributed by atoms with Crippen LogP contribution in [0.4, 0.5) is 17.5 Å². The van der Waals surface area contributed by atoms with E-state index in [-0.39, 0.29) is 6.61 Å². The number of methoxy groups -OCH3 is 2. The van der Waals surface area contributed by atoms with Gasteiger partial charge >= 0.3 is 0 Å². The van der Waals surface area contributed by atoms with Crippen molar-refractivity contribution in [3.8, 4) is 11.5 Å². The van der Waals surface area contributed by atoms with E-state index < -0.39 is 0 Å². The number of fused-ring (bicyclic) bond motifs is 1. The second kappa shape index (κ2) is 7.22. The fourth-order valence-corrected chi connectivity index (χ4v) is 2.43. The highest BCUT2D eigenvalue weighted by Gasteiger charge is 2.12. The summed E-state index contributed by atoms with van der Waals surface area (Å²) in [7, 11) is 4.98. The van der Waals surface area contributed by atoms with Crippen LogP contribution in [0.1, 0.15) is 0 Å². The first-order valence-electron chi connectivity index (χ1n) is 7.69. The number of anilines is 3. The van der Waals surface area contributed by atoms with Gasteiger partial charge in [0.05, 0.1) is 32.4 Å². The van der Waals surface area contributed by atoms with Crippen LogP contribution in [-0.2, 0) is 7.05 Å². The summed E-state index contributed by atoms with van der Waals surface area (Å²) in [5.74, 6) is 2.26. The maximum atomic E-state index is 9.05. The third kappa shape index (κ3) is 3.41. The number of hydrogen-bond donors (Lipinski definition) is 3. The smallest absolute Gasteiger partial charge is 0.231 e. The second-order valence-corrected chi connectivity index (χ2v) is 5.25. The molecule has 9 nitrogen and oxygen atoms in total. The predicted octanol–water partition coefficient (Wildman–Crippen LogP) is 1.53. The number of hydrogen-bond acceptors (Lipinski definition) is 8. The Hall–Kier alpha value is -3.07. The van der Waals surface area contributed by atoms with Crippen molar-refractivity contribution in [1.29, 1.82) is 0 Å². The molecule has 2 heterocycles. The van der Waals surface area contributed by atoms with Crippen LogP contribution >= 0.6 is 0 Å². The van der Waals surface area contributed by atoms with Crippen molar-refractivity contribution in [1.82, 2.24) is 19.7 Å². The molecule has 25 heavy (non-hydrogen) atoms. The zero-order valence-corrected chi connectivity index (χ0v) is 14.3. The minimum absolute atomic E-state index is 0.00417. The van der Waals surface area contributed by atoms with E-state index in [1.165, 1.54) is 0 Å². The highest BCUT2D eigenvalue weighted by Crippen LogP contribution is 2.31. The van der Waals surface area contributed by atoms with Gasteiger partial charge < -0.3 is 25.2 Å². The van der Waals surface area contributed by atoms with Crippen LogP contribution < -0.4 is 20.1 Å². The lowest BCUT2D eigenvalue weighted by atomic mass is 10.3. The molecule has 0 saturated heterocycles. The molecule has 0 amide bonds. The van der Waals surface area contributed by atoms with Gasteiger partial charge in [0.1, 0.15) is 5.82 Å². The minimum atomic E-state index is 0.00417. The molecule has 0 bridgehead atoms. The standard InChI is InChI=1S/C16H20N6O3/c1-22-15-11(9-18-22)14(17-6-7-23)20-16(21-15)19-10-4-5-12(24-2)13(8-10)25-3/h4-5,8-9,23H,6-7H2,1-3H3,(H2,17,19,20,21). The second-order valence-electron chi connectivity index (χ2n) is 5.25. The Morgan fingerprint density at radius 1 is 1.16 bits per heavy atom. The average Bonchev–Trinajstić information content (AvgIpc) is 3.00. The lowest BCUT2D eigenvalue weighted by molar-refractivity contribution is 0.311. The van der Waals surface area contributed by atoms with E-state index in [0.717, 1.165) is 11.1 Å². The van der Waals surface area contributed by atoms with Gasteiger partial charge in [-0.25, -0.2) is 0 Å². The molecule has 3 N–H and O–H groups in total. The summed E-state index contributed by atoms with van der Waals surface area (Å²) in [4.78, 5) is 8.98. The number of aliphatic hydroxyl groups is 1. The number of rotatable bonds is 7. The molecule has 0 unspecified atom stereocenters. The molecule has 0 saturated carbocycles. The molecule has 1 aromatic carbocycles. The van der Waals surface area contributed by atoms with E-state index in [0.29, 0.717) is 35.5 Å². The summed E-state index contributed by atoms with van der Waals surface area (Å²) in [5.41, 5.74) is 1.44. The number of aryl methyl sites for hydroxylation is 1. The first-order valence-corrected chi connectivity index (χ1v) is 7.69. The van der Waals surface area contributed by atoms with Gasteiger partial charge in [0.15, 0.2) is 17.1 Å². The van der Waals surface area contributed by atoms with E-state index in [1.807, 2.05) is 13.1 Å². The summed E-state index contributed by atoms with van der Waals surface area (Å²) in [5, 5.41) is 20.3. The van der Waals surface area contributed by atoms with Gasteiger partial charge in [0.25, 0.3) is 0 Å². The summed E-state index contributed by atoms with van der Waals surface area (Å²) >= 11 is 0. The molecule has 9 heteroatoms. The maximum Gasteiger partial charge on any atom is 0.231 e. The van der Waals surface area contributed by atoms with Gasteiger partial charge in [0, 0.05) is 25.3 Å². The molecule has 2 aromatic heterocycles. The van der Waals surface area contributed by atoms with Crippen LogP contribution in [0.15, 0.2) is 24.4 Å². The van der Waals surface area contributed by atoms with Crippen LogP contribution in [0.25, 0.3) is 11.0 Å². The number of ether oxygens (including phenoxy) is 2. The molecule has 3 rings (SSSR count). The Labute approximate surface area is 144 Å². The van der Waals surface area contributed by atoms with E-state index >= 15 is 0 Å². The van der Waals surface area contributed by atoms with E-state index in [4.69, 9.17) is 14.6 Å². The van der Waals surface area contributed by atoms with Crippen molar-refractivity contribution >= 4 is 28.5 Å². The zero-order valence-electron chi connectivity index (χ0n) is 14.3. The van der Waals surface area contributed by atoms with Gasteiger partial charge in [-0.3, -0.25) is 4.68 Å². The van der Waals surface area contributed by atoms with Crippen molar-refractivity contribution in [2.45, 2.75) is 0 Å². The van der Waals surface area contributed by atoms with Crippen LogP contribution in [0.2, 0.25) is 0 Å². The summed E-state index contributed by atoms with van der Waals surface area (Å²) < 4.78 is 12.2. The van der Waals surface area contributed by atoms with Crippen molar-refractivity contribution < 1.29 is 14.6 Å². The zero-order chi connectivity index (χ0) is 17.8. The van der Waals surface area contributed by atoms with Crippen molar-refractivity contribution in [3.63, 3.8) is 0 Å². The average molecular weight is 344 g/mol. The van der Waals surface area contributed by atoms with Gasteiger partial charge in [-0.15, -0.1) is 0 Å². The van der Waals surface area contributed by atoms with Gasteiger partial charge in [-0.2, -0.15) is 15.1 Å². The van der Waals surface area contributed by atoms with Gasteiger partial charge in [-0.1, -0.05) is 0 Å². The van der Waals surface area contributed by atoms with Crippen molar-refractivity contribution in [2.75, 3.05) is 38.0 Å². The predicted molar refractivity (Wildman–Crippen MR) is 94.7 cm³/mol. The van der Waals surface area contributed by atoms with Gasteiger partial charge in [0.2, 0.25) is 5.95 Å².